The normalized spacial score (nSPS) is 10.3. The van der Waals surface area contributed by atoms with Gasteiger partial charge in [-0.05, 0) is 24.3 Å². The van der Waals surface area contributed by atoms with Crippen molar-refractivity contribution >= 4 is 44.3 Å². The first-order valence-corrected chi connectivity index (χ1v) is 10.1. The first-order valence-electron chi connectivity index (χ1n) is 8.40. The van der Waals surface area contributed by atoms with E-state index in [1.807, 2.05) is 29.6 Å². The number of nitrogens with zero attached hydrogens (tertiary/aromatic N) is 1. The summed E-state index contributed by atoms with van der Waals surface area (Å²) in [6.45, 7) is -0.445. The van der Waals surface area contributed by atoms with E-state index in [0.717, 1.165) is 15.7 Å². The number of aromatic nitrogens is 1. The van der Waals surface area contributed by atoms with Crippen molar-refractivity contribution in [1.29, 1.82) is 0 Å². The Kier molecular flexibility index (Phi) is 6.84. The number of nitrogens with one attached hydrogen (secondary N) is 1. The van der Waals surface area contributed by atoms with E-state index in [0.29, 0.717) is 16.6 Å². The molecule has 0 aliphatic carbocycles. The number of anilines is 1. The molecule has 0 aliphatic heterocycles. The van der Waals surface area contributed by atoms with Crippen LogP contribution < -0.4 is 14.8 Å². The van der Waals surface area contributed by atoms with Crippen LogP contribution in [0.3, 0.4) is 0 Å². The third-order valence-electron chi connectivity index (χ3n) is 3.83. The van der Waals surface area contributed by atoms with E-state index in [1.54, 1.807) is 12.1 Å². The summed E-state index contributed by atoms with van der Waals surface area (Å²) in [7, 11) is 2.95. The van der Waals surface area contributed by atoms with Gasteiger partial charge < -0.3 is 14.2 Å². The van der Waals surface area contributed by atoms with Gasteiger partial charge in [-0.15, -0.1) is 11.3 Å². The molecule has 9 heteroatoms. The Morgan fingerprint density at radius 1 is 1.14 bits per heavy atom. The molecule has 3 aromatic rings. The minimum atomic E-state index is -0.673. The lowest BCUT2D eigenvalue weighted by Crippen LogP contribution is -2.21. The van der Waals surface area contributed by atoms with Crippen LogP contribution in [-0.4, -0.2) is 37.7 Å². The van der Waals surface area contributed by atoms with Gasteiger partial charge in [0.25, 0.3) is 5.91 Å². The molecule has 0 saturated heterocycles. The Morgan fingerprint density at radius 2 is 1.97 bits per heavy atom. The van der Waals surface area contributed by atoms with Crippen molar-refractivity contribution in [2.45, 2.75) is 0 Å². The second-order valence-electron chi connectivity index (χ2n) is 5.74. The molecule has 0 spiro atoms. The van der Waals surface area contributed by atoms with Gasteiger partial charge >= 0.3 is 5.97 Å². The number of carbonyl (C=O) groups excluding carboxylic acids is 2. The molecule has 1 amide bonds. The molecule has 3 rings (SSSR count). The fourth-order valence-corrected chi connectivity index (χ4v) is 3.58. The number of benzene rings is 2. The van der Waals surface area contributed by atoms with Crippen molar-refractivity contribution < 1.29 is 23.8 Å². The molecular weight excluding hydrogens is 460 g/mol. The average Bonchev–Trinajstić information content (AvgIpc) is 3.20. The molecule has 1 N–H and O–H groups in total. The fourth-order valence-electron chi connectivity index (χ4n) is 2.44. The quantitative estimate of drug-likeness (QED) is 0.509. The summed E-state index contributed by atoms with van der Waals surface area (Å²) in [6.07, 6.45) is 0. The molecule has 0 bridgehead atoms. The van der Waals surface area contributed by atoms with Crippen LogP contribution in [0.4, 0.5) is 5.13 Å². The predicted molar refractivity (Wildman–Crippen MR) is 114 cm³/mol. The molecule has 0 unspecified atom stereocenters. The van der Waals surface area contributed by atoms with Crippen LogP contribution >= 0.6 is 27.3 Å². The smallest absolute Gasteiger partial charge is 0.342 e. The van der Waals surface area contributed by atoms with Crippen LogP contribution in [0.25, 0.3) is 11.3 Å². The average molecular weight is 477 g/mol. The Bertz CT molecular complexity index is 1040. The summed E-state index contributed by atoms with van der Waals surface area (Å²) in [5.41, 5.74) is 1.87. The molecule has 0 atom stereocenters. The maximum atomic E-state index is 12.3. The molecule has 1 heterocycles. The number of amides is 1. The lowest BCUT2D eigenvalue weighted by atomic mass is 10.2. The van der Waals surface area contributed by atoms with Gasteiger partial charge in [0.05, 0.1) is 19.9 Å². The minimum absolute atomic E-state index is 0.201. The number of ether oxygens (including phenoxy) is 3. The summed E-state index contributed by atoms with van der Waals surface area (Å²) in [5.74, 6) is -0.316. The highest BCUT2D eigenvalue weighted by molar-refractivity contribution is 9.10. The molecule has 2 aromatic carbocycles. The zero-order valence-corrected chi connectivity index (χ0v) is 18.0. The van der Waals surface area contributed by atoms with Gasteiger partial charge in [0, 0.05) is 21.5 Å². The Balaban J connectivity index is 1.58. The third-order valence-corrected chi connectivity index (χ3v) is 5.08. The van der Waals surface area contributed by atoms with Crippen LogP contribution in [0.5, 0.6) is 11.5 Å². The predicted octanol–water partition coefficient (Wildman–Crippen LogP) is 4.39. The van der Waals surface area contributed by atoms with E-state index in [9.17, 15) is 9.59 Å². The Hall–Kier alpha value is -2.91. The highest BCUT2D eigenvalue weighted by Crippen LogP contribution is 2.27. The van der Waals surface area contributed by atoms with E-state index in [4.69, 9.17) is 14.2 Å². The van der Waals surface area contributed by atoms with E-state index >= 15 is 0 Å². The maximum absolute atomic E-state index is 12.3. The van der Waals surface area contributed by atoms with Crippen LogP contribution in [0.2, 0.25) is 0 Å². The van der Waals surface area contributed by atoms with Crippen molar-refractivity contribution in [3.8, 4) is 22.8 Å². The van der Waals surface area contributed by atoms with Crippen molar-refractivity contribution in [3.05, 3.63) is 57.9 Å². The van der Waals surface area contributed by atoms with E-state index in [2.05, 4.69) is 26.2 Å². The standard InChI is InChI=1S/C20H17BrN2O5S/c1-26-14-6-7-15(17(9-14)27-2)19(25)28-10-18(24)23-20-22-16(11-29-20)12-4-3-5-13(21)8-12/h3-9,11H,10H2,1-2H3,(H,22,23,24). The number of hydrogen-bond donors (Lipinski definition) is 1. The summed E-state index contributed by atoms with van der Waals surface area (Å²) >= 11 is 4.71. The molecule has 0 fully saturated rings. The van der Waals surface area contributed by atoms with Gasteiger partial charge in [-0.3, -0.25) is 10.1 Å². The van der Waals surface area contributed by atoms with Gasteiger partial charge in [0.2, 0.25) is 0 Å². The third kappa shape index (κ3) is 5.33. The zero-order valence-electron chi connectivity index (χ0n) is 15.6. The maximum Gasteiger partial charge on any atom is 0.342 e. The molecule has 1 aromatic heterocycles. The van der Waals surface area contributed by atoms with Gasteiger partial charge in [-0.25, -0.2) is 9.78 Å². The number of hydrogen-bond acceptors (Lipinski definition) is 7. The molecule has 7 nitrogen and oxygen atoms in total. The van der Waals surface area contributed by atoms with Gasteiger partial charge in [0.15, 0.2) is 11.7 Å². The topological polar surface area (TPSA) is 86.8 Å². The van der Waals surface area contributed by atoms with Crippen LogP contribution in [0.15, 0.2) is 52.3 Å². The van der Waals surface area contributed by atoms with E-state index in [1.165, 1.54) is 31.6 Å². The van der Waals surface area contributed by atoms with Crippen molar-refractivity contribution in [2.24, 2.45) is 0 Å². The first kappa shape index (κ1) is 20.8. The van der Waals surface area contributed by atoms with Gasteiger partial charge in [0.1, 0.15) is 17.1 Å². The minimum Gasteiger partial charge on any atom is -0.497 e. The van der Waals surface area contributed by atoms with Gasteiger partial charge in [-0.1, -0.05) is 28.1 Å². The molecular formula is C20H17BrN2O5S. The van der Waals surface area contributed by atoms with E-state index in [-0.39, 0.29) is 5.56 Å². The fraction of sp³-hybridized carbons (Fsp3) is 0.150. The molecule has 0 radical (unpaired) electrons. The number of rotatable bonds is 7. The summed E-state index contributed by atoms with van der Waals surface area (Å²) in [6, 6.07) is 12.4. The Morgan fingerprint density at radius 3 is 2.69 bits per heavy atom. The van der Waals surface area contributed by atoms with Crippen molar-refractivity contribution in [1.82, 2.24) is 4.98 Å². The largest absolute Gasteiger partial charge is 0.497 e. The molecule has 150 valence electrons. The number of carbonyl (C=O) groups is 2. The number of thiazole rings is 1. The van der Waals surface area contributed by atoms with Crippen molar-refractivity contribution in [2.75, 3.05) is 26.1 Å². The first-order chi connectivity index (χ1) is 14.0. The van der Waals surface area contributed by atoms with Crippen LogP contribution in [0.1, 0.15) is 10.4 Å². The number of esters is 1. The SMILES string of the molecule is COc1ccc(C(=O)OCC(=O)Nc2nc(-c3cccc(Br)c3)cs2)c(OC)c1. The van der Waals surface area contributed by atoms with Crippen LogP contribution in [-0.2, 0) is 9.53 Å². The molecule has 0 aliphatic rings. The molecule has 0 saturated carbocycles. The summed E-state index contributed by atoms with van der Waals surface area (Å²) in [4.78, 5) is 28.8. The lowest BCUT2D eigenvalue weighted by Gasteiger charge is -2.10. The lowest BCUT2D eigenvalue weighted by molar-refractivity contribution is -0.119. The summed E-state index contributed by atoms with van der Waals surface area (Å²) < 4.78 is 16.3. The number of halogens is 1. The second kappa shape index (κ2) is 9.53. The van der Waals surface area contributed by atoms with Crippen LogP contribution in [0, 0.1) is 0 Å². The zero-order chi connectivity index (χ0) is 20.8. The number of methoxy groups -OCH3 is 2. The summed E-state index contributed by atoms with van der Waals surface area (Å²) in [5, 5.41) is 4.89. The highest BCUT2D eigenvalue weighted by Gasteiger charge is 2.17. The second-order valence-corrected chi connectivity index (χ2v) is 7.51. The Labute approximate surface area is 179 Å². The van der Waals surface area contributed by atoms with Gasteiger partial charge in [-0.2, -0.15) is 0 Å². The monoisotopic (exact) mass is 476 g/mol. The van der Waals surface area contributed by atoms with E-state index < -0.39 is 18.5 Å². The highest BCUT2D eigenvalue weighted by atomic mass is 79.9. The van der Waals surface area contributed by atoms with Crippen molar-refractivity contribution in [3.63, 3.8) is 0 Å². The molecule has 29 heavy (non-hydrogen) atoms.